The summed E-state index contributed by atoms with van der Waals surface area (Å²) in [6.07, 6.45) is 0.589. The van der Waals surface area contributed by atoms with Gasteiger partial charge in [-0.3, -0.25) is 33.5 Å². The summed E-state index contributed by atoms with van der Waals surface area (Å²) < 4.78 is 38.7. The van der Waals surface area contributed by atoms with Crippen LogP contribution in [0.15, 0.2) is 23.0 Å². The molecule has 5 fully saturated rings. The lowest BCUT2D eigenvalue weighted by Gasteiger charge is -2.29. The highest BCUT2D eigenvalue weighted by atomic mass is 32.2. The molecule has 0 aromatic carbocycles. The largest absolute Gasteiger partial charge is 0.461 e. The first-order valence-electron chi connectivity index (χ1n) is 21.1. The van der Waals surface area contributed by atoms with E-state index in [4.69, 9.17) is 40.9 Å². The fourth-order valence-electron chi connectivity index (χ4n) is 6.36. The average Bonchev–Trinajstić information content (AvgIpc) is 4.12. The summed E-state index contributed by atoms with van der Waals surface area (Å²) in [6, 6.07) is 5.64. The van der Waals surface area contributed by atoms with Crippen LogP contribution < -0.4 is 32.8 Å². The molecule has 5 aliphatic heterocycles. The number of hydrogen-bond donors (Lipinski definition) is 4. The fourth-order valence-corrected chi connectivity index (χ4v) is 9.67. The van der Waals surface area contributed by atoms with Crippen LogP contribution in [0.2, 0.25) is 0 Å². The molecule has 0 aliphatic carbocycles. The average molecular weight is 946 g/mol. The molecule has 7 N–H and O–H groups in total. The molecule has 0 spiro atoms. The molecule has 0 radical (unpaired) electrons. The van der Waals surface area contributed by atoms with Gasteiger partial charge in [-0.05, 0) is 55.2 Å². The van der Waals surface area contributed by atoms with Gasteiger partial charge < -0.3 is 51.1 Å². The zero-order valence-electron chi connectivity index (χ0n) is 36.2. The second-order valence-electron chi connectivity index (χ2n) is 15.1. The van der Waals surface area contributed by atoms with Crippen LogP contribution in [0.1, 0.15) is 21.1 Å². The predicted octanol–water partition coefficient (Wildman–Crippen LogP) is 0.319. The van der Waals surface area contributed by atoms with Gasteiger partial charge in [0.05, 0.1) is 72.9 Å². The van der Waals surface area contributed by atoms with Crippen LogP contribution >= 0.6 is 46.5 Å². The Morgan fingerprint density at radius 1 is 0.726 bits per heavy atom. The molecule has 1 unspecified atom stereocenters. The summed E-state index contributed by atoms with van der Waals surface area (Å²) in [5.74, 6) is 1.87. The van der Waals surface area contributed by atoms with E-state index in [0.29, 0.717) is 52.0 Å². The van der Waals surface area contributed by atoms with Crippen molar-refractivity contribution in [2.24, 2.45) is 17.2 Å². The standard InChI is InChI=1S/C11H20N4OS.C9H15N3O2S.C9H17N3O2S.C9H15N3O2S/c1-14(2)8-10-7-11(13-17-10)12-9-15-3-5-16-6-4-15;10-6-8-5-9(11-15-8)14-7-12-1-3-13-4-2-12;2*10-6-8-5-9(13)12(15-8)7-11-1-3-14-4-2-11/h7H,3-6,8-9H2,1-2H3,(H,12,13);5H,1-4,6-7,10H2;8H,1-7,10H2;5H,1-4,6-7,10H2. The van der Waals surface area contributed by atoms with Crippen molar-refractivity contribution in [1.29, 1.82) is 0 Å². The smallest absolute Gasteiger partial charge is 0.262 e. The highest BCUT2D eigenvalue weighted by molar-refractivity contribution is 7.98. The molecule has 0 saturated carbocycles. The van der Waals surface area contributed by atoms with Crippen LogP contribution in [0.5, 0.6) is 5.88 Å². The molecule has 350 valence electrons. The number of nitrogens with zero attached hydrogens (tertiary/aromatic N) is 9. The van der Waals surface area contributed by atoms with E-state index < -0.39 is 0 Å². The molecule has 3 aromatic rings. The lowest BCUT2D eigenvalue weighted by atomic mass is 10.3. The summed E-state index contributed by atoms with van der Waals surface area (Å²) in [6.45, 7) is 19.1. The van der Waals surface area contributed by atoms with Gasteiger partial charge >= 0.3 is 0 Å². The summed E-state index contributed by atoms with van der Waals surface area (Å²) >= 11 is 6.00. The van der Waals surface area contributed by atoms with Crippen LogP contribution in [-0.2, 0) is 50.0 Å². The minimum absolute atomic E-state index is 0.0481. The maximum atomic E-state index is 11.6. The first-order valence-corrected chi connectivity index (χ1v) is 24.3. The van der Waals surface area contributed by atoms with Crippen molar-refractivity contribution < 1.29 is 28.5 Å². The Morgan fingerprint density at radius 2 is 1.29 bits per heavy atom. The molecule has 8 rings (SSSR count). The minimum Gasteiger partial charge on any atom is -0.461 e. The van der Waals surface area contributed by atoms with E-state index >= 15 is 0 Å². The van der Waals surface area contributed by atoms with E-state index in [0.717, 1.165) is 134 Å². The molecule has 24 heteroatoms. The zero-order valence-corrected chi connectivity index (χ0v) is 39.5. The molecule has 20 nitrogen and oxygen atoms in total. The van der Waals surface area contributed by atoms with Gasteiger partial charge in [-0.25, -0.2) is 3.96 Å². The second kappa shape index (κ2) is 28.5. The third-order valence-corrected chi connectivity index (χ3v) is 13.7. The quantitative estimate of drug-likeness (QED) is 0.151. The Hall–Kier alpha value is -2.37. The van der Waals surface area contributed by atoms with Gasteiger partial charge in [0.25, 0.3) is 5.56 Å². The van der Waals surface area contributed by atoms with Crippen molar-refractivity contribution in [3.63, 3.8) is 0 Å². The van der Waals surface area contributed by atoms with Gasteiger partial charge in [0.15, 0.2) is 0 Å². The predicted molar refractivity (Wildman–Crippen MR) is 246 cm³/mol. The number of hydrogen-bond acceptors (Lipinski definition) is 22. The molecular formula is C38H67N13O7S4. The van der Waals surface area contributed by atoms with Crippen molar-refractivity contribution in [1.82, 2.24) is 41.5 Å². The van der Waals surface area contributed by atoms with E-state index in [-0.39, 0.29) is 16.7 Å². The molecular weight excluding hydrogens is 879 g/mol. The monoisotopic (exact) mass is 945 g/mol. The number of morpholine rings is 4. The summed E-state index contributed by atoms with van der Waals surface area (Å²) in [5, 5.41) is 3.64. The lowest BCUT2D eigenvalue weighted by Crippen LogP contribution is -2.42. The third kappa shape index (κ3) is 18.6. The van der Waals surface area contributed by atoms with Crippen molar-refractivity contribution in [3.05, 3.63) is 43.2 Å². The maximum absolute atomic E-state index is 11.6. The SMILES string of the molecule is CN(C)Cc1cc(NCN2CCOCC2)ns1.NCC1CC(=O)N(CN2CCOCC2)S1.NCc1cc(=O)n(CN2CCOCC2)s1.NCc1cc(OCN2CCOCC2)ns1. The van der Waals surface area contributed by atoms with Crippen molar-refractivity contribution in [2.45, 2.75) is 38.0 Å². The highest BCUT2D eigenvalue weighted by Crippen LogP contribution is 2.29. The van der Waals surface area contributed by atoms with E-state index in [9.17, 15) is 9.59 Å². The molecule has 5 aliphatic rings. The zero-order chi connectivity index (χ0) is 43.9. The topological polar surface area (TPSA) is 221 Å². The van der Waals surface area contributed by atoms with Gasteiger partial charge in [0.2, 0.25) is 11.8 Å². The number of rotatable bonds is 15. The van der Waals surface area contributed by atoms with Crippen LogP contribution in [0, 0.1) is 0 Å². The number of nitrogens with two attached hydrogens (primary N) is 3. The van der Waals surface area contributed by atoms with Crippen LogP contribution in [0.25, 0.3) is 0 Å². The summed E-state index contributed by atoms with van der Waals surface area (Å²) in [5.41, 5.74) is 16.6. The fraction of sp³-hybridized carbons (Fsp3) is 0.737. The Bertz CT molecular complexity index is 1730. The van der Waals surface area contributed by atoms with Crippen molar-refractivity contribution >= 4 is 58.3 Å². The number of anilines is 1. The number of carbonyl (C=O) groups excluding carboxylic acids is 1. The first kappa shape index (κ1) is 50.6. The van der Waals surface area contributed by atoms with Crippen LogP contribution in [-0.4, -0.2) is 199 Å². The molecule has 5 saturated heterocycles. The van der Waals surface area contributed by atoms with Crippen molar-refractivity contribution in [2.75, 3.05) is 151 Å². The van der Waals surface area contributed by atoms with Gasteiger partial charge in [-0.2, -0.15) is 8.75 Å². The number of aromatic nitrogens is 3. The Morgan fingerprint density at radius 3 is 1.82 bits per heavy atom. The first-order chi connectivity index (χ1) is 30.2. The Kier molecular flexibility index (Phi) is 23.3. The van der Waals surface area contributed by atoms with Gasteiger partial charge in [0, 0.05) is 117 Å². The molecule has 8 heterocycles. The minimum atomic E-state index is 0.0481. The summed E-state index contributed by atoms with van der Waals surface area (Å²) in [4.78, 5) is 37.6. The number of carbonyl (C=O) groups is 1. The lowest BCUT2D eigenvalue weighted by molar-refractivity contribution is -0.126. The van der Waals surface area contributed by atoms with Crippen molar-refractivity contribution in [3.8, 4) is 5.88 Å². The normalized spacial score (nSPS) is 20.5. The van der Waals surface area contributed by atoms with Crippen LogP contribution in [0.4, 0.5) is 5.82 Å². The maximum Gasteiger partial charge on any atom is 0.262 e. The third-order valence-electron chi connectivity index (χ3n) is 9.90. The van der Waals surface area contributed by atoms with Gasteiger partial charge in [0.1, 0.15) is 12.5 Å². The number of amides is 1. The van der Waals surface area contributed by atoms with Gasteiger partial charge in [-0.15, -0.1) is 0 Å². The van der Waals surface area contributed by atoms with E-state index in [1.54, 1.807) is 33.5 Å². The molecule has 0 bridgehead atoms. The number of nitrogens with one attached hydrogen (secondary N) is 1. The molecule has 3 aromatic heterocycles. The second-order valence-corrected chi connectivity index (χ2v) is 19.4. The molecule has 1 atom stereocenters. The molecule has 1 amide bonds. The van der Waals surface area contributed by atoms with E-state index in [1.165, 1.54) is 27.9 Å². The summed E-state index contributed by atoms with van der Waals surface area (Å²) in [7, 11) is 4.14. The van der Waals surface area contributed by atoms with E-state index in [2.05, 4.69) is 58.7 Å². The Labute approximate surface area is 382 Å². The van der Waals surface area contributed by atoms with Crippen LogP contribution in [0.3, 0.4) is 0 Å². The molecule has 62 heavy (non-hydrogen) atoms. The number of ether oxygens (including phenoxy) is 5. The highest BCUT2D eigenvalue weighted by Gasteiger charge is 2.31. The van der Waals surface area contributed by atoms with Gasteiger partial charge in [-0.1, -0.05) is 11.5 Å². The van der Waals surface area contributed by atoms with E-state index in [1.807, 2.05) is 10.4 Å². The Balaban J connectivity index is 0.000000156.